The second-order valence-electron chi connectivity index (χ2n) is 6.66. The van der Waals surface area contributed by atoms with Gasteiger partial charge in [0.1, 0.15) is 11.6 Å². The third-order valence-electron chi connectivity index (χ3n) is 4.69. The highest BCUT2D eigenvalue weighted by Gasteiger charge is 2.16. The Bertz CT molecular complexity index is 830. The number of benzene rings is 2. The Morgan fingerprint density at radius 2 is 1.90 bits per heavy atom. The number of nitrogens with zero attached hydrogens (tertiary/aromatic N) is 1. The van der Waals surface area contributed by atoms with Gasteiger partial charge in [-0.2, -0.15) is 0 Å². The molecule has 0 saturated carbocycles. The molecule has 158 valence electrons. The van der Waals surface area contributed by atoms with Crippen molar-refractivity contribution in [2.24, 2.45) is 4.99 Å². The zero-order chi connectivity index (χ0) is 19.8. The first-order valence-electron chi connectivity index (χ1n) is 9.82. The van der Waals surface area contributed by atoms with Crippen LogP contribution in [0, 0.1) is 5.82 Å². The molecule has 0 radical (unpaired) electrons. The molecule has 29 heavy (non-hydrogen) atoms. The fourth-order valence-corrected chi connectivity index (χ4v) is 3.32. The first kappa shape index (κ1) is 23.4. The van der Waals surface area contributed by atoms with Gasteiger partial charge in [0, 0.05) is 18.7 Å². The van der Waals surface area contributed by atoms with Crippen molar-refractivity contribution < 1.29 is 13.9 Å². The van der Waals surface area contributed by atoms with Crippen molar-refractivity contribution >= 4 is 29.9 Å². The van der Waals surface area contributed by atoms with Crippen molar-refractivity contribution in [1.29, 1.82) is 0 Å². The summed E-state index contributed by atoms with van der Waals surface area (Å²) >= 11 is 0. The summed E-state index contributed by atoms with van der Waals surface area (Å²) in [6.07, 6.45) is 1.63. The van der Waals surface area contributed by atoms with E-state index in [1.807, 2.05) is 13.0 Å². The smallest absolute Gasteiger partial charge is 0.191 e. The second kappa shape index (κ2) is 12.0. The van der Waals surface area contributed by atoms with Crippen molar-refractivity contribution in [3.05, 3.63) is 64.5 Å². The quantitative estimate of drug-likeness (QED) is 0.332. The number of rotatable bonds is 7. The molecule has 7 heteroatoms. The molecule has 0 saturated heterocycles. The van der Waals surface area contributed by atoms with Gasteiger partial charge in [0.2, 0.25) is 0 Å². The molecule has 1 aliphatic rings. The lowest BCUT2D eigenvalue weighted by molar-refractivity contribution is -0.0172. The Morgan fingerprint density at radius 1 is 1.10 bits per heavy atom. The molecule has 2 N–H and O–H groups in total. The highest BCUT2D eigenvalue weighted by molar-refractivity contribution is 14.0. The Labute approximate surface area is 189 Å². The fourth-order valence-electron chi connectivity index (χ4n) is 3.32. The van der Waals surface area contributed by atoms with E-state index < -0.39 is 0 Å². The van der Waals surface area contributed by atoms with Gasteiger partial charge in [-0.25, -0.2) is 9.38 Å². The molecule has 1 heterocycles. The van der Waals surface area contributed by atoms with Gasteiger partial charge in [0.05, 0.1) is 13.2 Å². The van der Waals surface area contributed by atoms with Crippen LogP contribution in [-0.2, 0) is 30.7 Å². The lowest BCUT2D eigenvalue weighted by atomic mass is 10.1. The molecule has 0 bridgehead atoms. The minimum absolute atomic E-state index is 0. The first-order valence-corrected chi connectivity index (χ1v) is 9.82. The maximum absolute atomic E-state index is 13.9. The molecular weight excluding hydrogens is 484 g/mol. The summed E-state index contributed by atoms with van der Waals surface area (Å²) in [6, 6.07) is 11.4. The largest absolute Gasteiger partial charge is 0.467 e. The molecule has 0 atom stereocenters. The molecule has 0 amide bonds. The van der Waals surface area contributed by atoms with Crippen LogP contribution in [0.25, 0.3) is 0 Å². The molecule has 2 aromatic carbocycles. The van der Waals surface area contributed by atoms with Crippen molar-refractivity contribution in [2.75, 3.05) is 19.9 Å². The van der Waals surface area contributed by atoms with Crippen molar-refractivity contribution in [3.63, 3.8) is 0 Å². The summed E-state index contributed by atoms with van der Waals surface area (Å²) in [7, 11) is 0. The van der Waals surface area contributed by atoms with Crippen LogP contribution in [0.15, 0.2) is 41.4 Å². The fraction of sp³-hybridized carbons (Fsp3) is 0.409. The Kier molecular flexibility index (Phi) is 9.66. The number of guanidine groups is 1. The van der Waals surface area contributed by atoms with Gasteiger partial charge in [-0.05, 0) is 48.6 Å². The molecule has 5 nitrogen and oxygen atoms in total. The Morgan fingerprint density at radius 3 is 2.66 bits per heavy atom. The van der Waals surface area contributed by atoms with Crippen molar-refractivity contribution in [1.82, 2.24) is 10.6 Å². The number of ether oxygens (including phenoxy) is 2. The molecule has 0 unspecified atom stereocenters. The molecular formula is C22H29FIN3O2. The Hall–Kier alpha value is -1.87. The third-order valence-corrected chi connectivity index (χ3v) is 4.69. The zero-order valence-corrected chi connectivity index (χ0v) is 19.3. The van der Waals surface area contributed by atoms with Crippen LogP contribution in [0.2, 0.25) is 0 Å². The van der Waals surface area contributed by atoms with E-state index in [0.717, 1.165) is 35.8 Å². The van der Waals surface area contributed by atoms with E-state index in [4.69, 9.17) is 14.5 Å². The maximum atomic E-state index is 13.9. The highest BCUT2D eigenvalue weighted by Crippen LogP contribution is 2.29. The second-order valence-corrected chi connectivity index (χ2v) is 6.66. The van der Waals surface area contributed by atoms with E-state index in [0.29, 0.717) is 26.1 Å². The topological polar surface area (TPSA) is 54.9 Å². The summed E-state index contributed by atoms with van der Waals surface area (Å²) in [6.45, 7) is 6.80. The van der Waals surface area contributed by atoms with Gasteiger partial charge in [0.15, 0.2) is 12.8 Å². The van der Waals surface area contributed by atoms with Crippen molar-refractivity contribution in [2.45, 2.75) is 39.8 Å². The number of aryl methyl sites for hydroxylation is 1. The lowest BCUT2D eigenvalue weighted by Crippen LogP contribution is -2.38. The van der Waals surface area contributed by atoms with Crippen LogP contribution in [-0.4, -0.2) is 25.8 Å². The number of fused-ring (bicyclic) bond motifs is 1. The molecule has 3 rings (SSSR count). The molecule has 0 aromatic heterocycles. The number of nitrogens with one attached hydrogen (secondary N) is 2. The van der Waals surface area contributed by atoms with Gasteiger partial charge >= 0.3 is 0 Å². The molecule has 0 fully saturated rings. The van der Waals surface area contributed by atoms with E-state index in [9.17, 15) is 4.39 Å². The van der Waals surface area contributed by atoms with Gasteiger partial charge < -0.3 is 20.1 Å². The van der Waals surface area contributed by atoms with Gasteiger partial charge in [0.25, 0.3) is 0 Å². The minimum Gasteiger partial charge on any atom is -0.467 e. The third kappa shape index (κ3) is 6.57. The van der Waals surface area contributed by atoms with Gasteiger partial charge in [-0.3, -0.25) is 0 Å². The molecule has 0 aliphatic carbocycles. The summed E-state index contributed by atoms with van der Waals surface area (Å²) < 4.78 is 24.7. The van der Waals surface area contributed by atoms with E-state index in [1.165, 1.54) is 23.3 Å². The lowest BCUT2D eigenvalue weighted by Gasteiger charge is -2.21. The van der Waals surface area contributed by atoms with Crippen LogP contribution >= 0.6 is 24.0 Å². The summed E-state index contributed by atoms with van der Waals surface area (Å²) in [5.74, 6) is 1.23. The summed E-state index contributed by atoms with van der Waals surface area (Å²) in [4.78, 5) is 4.70. The SMILES string of the molecule is CCNC(=NCc1ccccc1CC)NCCc1cc(F)cc2c1OCOC2.I. The monoisotopic (exact) mass is 513 g/mol. The van der Waals surface area contributed by atoms with E-state index >= 15 is 0 Å². The molecule has 0 spiro atoms. The minimum atomic E-state index is -0.264. The summed E-state index contributed by atoms with van der Waals surface area (Å²) in [5.41, 5.74) is 4.15. The normalized spacial score (nSPS) is 13.1. The van der Waals surface area contributed by atoms with Gasteiger partial charge in [-0.15, -0.1) is 24.0 Å². The van der Waals surface area contributed by atoms with Gasteiger partial charge in [-0.1, -0.05) is 31.2 Å². The standard InChI is InChI=1S/C22H28FN3O2.HI/c1-3-16-7-5-6-8-18(16)13-26-22(24-4-2)25-10-9-17-11-20(23)12-19-14-27-15-28-21(17)19;/h5-8,11-12H,3-4,9-10,13-15H2,1-2H3,(H2,24,25,26);1H. The maximum Gasteiger partial charge on any atom is 0.191 e. The highest BCUT2D eigenvalue weighted by atomic mass is 127. The van der Waals surface area contributed by atoms with Crippen LogP contribution in [0.5, 0.6) is 5.75 Å². The van der Waals surface area contributed by atoms with E-state index in [1.54, 1.807) is 0 Å². The first-order chi connectivity index (χ1) is 13.7. The number of hydrogen-bond acceptors (Lipinski definition) is 3. The number of halogens is 2. The van der Waals surface area contributed by atoms with E-state index in [2.05, 4.69) is 35.8 Å². The number of aliphatic imine (C=N–C) groups is 1. The average molecular weight is 513 g/mol. The summed E-state index contributed by atoms with van der Waals surface area (Å²) in [5, 5.41) is 6.60. The average Bonchev–Trinajstić information content (AvgIpc) is 2.72. The van der Waals surface area contributed by atoms with E-state index in [-0.39, 0.29) is 36.6 Å². The van der Waals surface area contributed by atoms with Crippen molar-refractivity contribution in [3.8, 4) is 5.75 Å². The zero-order valence-electron chi connectivity index (χ0n) is 17.0. The predicted molar refractivity (Wildman–Crippen MR) is 124 cm³/mol. The van der Waals surface area contributed by atoms with Crippen LogP contribution < -0.4 is 15.4 Å². The van der Waals surface area contributed by atoms with Crippen LogP contribution in [0.4, 0.5) is 4.39 Å². The molecule has 2 aromatic rings. The molecule has 1 aliphatic heterocycles. The van der Waals surface area contributed by atoms with Crippen LogP contribution in [0.3, 0.4) is 0 Å². The Balaban J connectivity index is 0.00000300. The van der Waals surface area contributed by atoms with Crippen LogP contribution in [0.1, 0.15) is 36.1 Å². The predicted octanol–water partition coefficient (Wildman–Crippen LogP) is 4.17. The number of hydrogen-bond donors (Lipinski definition) is 2.